The van der Waals surface area contributed by atoms with Crippen LogP contribution in [-0.2, 0) is 11.2 Å². The first kappa shape index (κ1) is 20.0. The molecule has 0 aliphatic heterocycles. The van der Waals surface area contributed by atoms with E-state index in [9.17, 15) is 4.79 Å². The maximum atomic E-state index is 11.9. The predicted molar refractivity (Wildman–Crippen MR) is 134 cm³/mol. The zero-order valence-corrected chi connectivity index (χ0v) is 19.6. The lowest BCUT2D eigenvalue weighted by molar-refractivity contribution is -0.114. The molecule has 3 aromatic carbocycles. The van der Waals surface area contributed by atoms with Crippen molar-refractivity contribution in [1.82, 2.24) is 4.98 Å². The van der Waals surface area contributed by atoms with Crippen LogP contribution in [0.4, 0.5) is 10.8 Å². The zero-order valence-electron chi connectivity index (χ0n) is 16.6. The number of fused-ring (bicyclic) bond motifs is 3. The van der Waals surface area contributed by atoms with E-state index in [-0.39, 0.29) is 5.91 Å². The van der Waals surface area contributed by atoms with Crippen molar-refractivity contribution in [2.75, 3.05) is 8.85 Å². The Kier molecular flexibility index (Phi) is 5.37. The van der Waals surface area contributed by atoms with E-state index in [1.807, 2.05) is 54.6 Å². The van der Waals surface area contributed by atoms with Crippen LogP contribution in [-0.4, -0.2) is 10.9 Å². The van der Waals surface area contributed by atoms with Crippen molar-refractivity contribution in [3.05, 3.63) is 77.2 Å². The van der Waals surface area contributed by atoms with Gasteiger partial charge in [-0.1, -0.05) is 30.3 Å². The Morgan fingerprint density at radius 3 is 2.48 bits per heavy atom. The Morgan fingerprint density at radius 2 is 1.77 bits per heavy atom. The molecule has 1 aliphatic rings. The van der Waals surface area contributed by atoms with E-state index in [0.29, 0.717) is 0 Å². The highest BCUT2D eigenvalue weighted by Crippen LogP contribution is 2.45. The molecule has 1 amide bonds. The van der Waals surface area contributed by atoms with E-state index in [4.69, 9.17) is 9.72 Å². The molecule has 5 rings (SSSR count). The van der Waals surface area contributed by atoms with Crippen molar-refractivity contribution >= 4 is 50.9 Å². The second-order valence-corrected chi connectivity index (χ2v) is 8.86. The van der Waals surface area contributed by atoms with Crippen molar-refractivity contribution < 1.29 is 9.53 Å². The highest BCUT2D eigenvalue weighted by atomic mass is 127. The number of nitrogens with zero attached hydrogens (tertiary/aromatic N) is 1. The molecule has 0 radical (unpaired) electrons. The van der Waals surface area contributed by atoms with E-state index in [1.165, 1.54) is 17.4 Å². The summed E-state index contributed by atoms with van der Waals surface area (Å²) in [6.07, 6.45) is 0.831. The summed E-state index contributed by atoms with van der Waals surface area (Å²) in [6.45, 7) is 1.53. The molecule has 0 saturated heterocycles. The van der Waals surface area contributed by atoms with Crippen molar-refractivity contribution in [3.8, 4) is 33.9 Å². The quantitative estimate of drug-likeness (QED) is 0.189. The van der Waals surface area contributed by atoms with Gasteiger partial charge >= 0.3 is 0 Å². The first-order chi connectivity index (χ1) is 15.1. The molecule has 0 atom stereocenters. The Labute approximate surface area is 198 Å². The molecule has 31 heavy (non-hydrogen) atoms. The summed E-state index contributed by atoms with van der Waals surface area (Å²) >= 11 is 3.78. The summed E-state index contributed by atoms with van der Waals surface area (Å²) in [7, 11) is 0. The van der Waals surface area contributed by atoms with Gasteiger partial charge in [0.1, 0.15) is 11.5 Å². The van der Waals surface area contributed by atoms with E-state index in [0.717, 1.165) is 51.1 Å². The van der Waals surface area contributed by atoms with Gasteiger partial charge in [-0.2, -0.15) is 0 Å². The number of hydrogen-bond acceptors (Lipinski definition) is 5. The number of hydrogen-bond donors (Lipinski definition) is 2. The van der Waals surface area contributed by atoms with Gasteiger partial charge in [-0.25, -0.2) is 4.98 Å². The molecule has 154 valence electrons. The lowest BCUT2D eigenvalue weighted by atomic mass is 9.97. The molecule has 2 N–H and O–H groups in total. The number of rotatable bonds is 5. The number of benzene rings is 3. The molecule has 1 aromatic heterocycles. The van der Waals surface area contributed by atoms with Gasteiger partial charge < -0.3 is 13.6 Å². The van der Waals surface area contributed by atoms with Crippen molar-refractivity contribution in [2.45, 2.75) is 13.3 Å². The van der Waals surface area contributed by atoms with Crippen LogP contribution in [0.5, 0.6) is 11.5 Å². The highest BCUT2D eigenvalue weighted by Gasteiger charge is 2.25. The number of nitrogens with one attached hydrogen (secondary N) is 2. The van der Waals surface area contributed by atoms with Crippen LogP contribution in [0.3, 0.4) is 0 Å². The van der Waals surface area contributed by atoms with Gasteiger partial charge in [0.15, 0.2) is 5.13 Å². The lowest BCUT2D eigenvalue weighted by Gasteiger charge is -2.14. The Hall–Kier alpha value is -2.91. The third-order valence-electron chi connectivity index (χ3n) is 5.08. The van der Waals surface area contributed by atoms with Crippen molar-refractivity contribution in [1.29, 1.82) is 0 Å². The summed E-state index contributed by atoms with van der Waals surface area (Å²) in [6, 6.07) is 21.8. The maximum absolute atomic E-state index is 11.9. The van der Waals surface area contributed by atoms with Gasteiger partial charge in [0.05, 0.1) is 28.6 Å². The average molecular weight is 539 g/mol. The van der Waals surface area contributed by atoms with Crippen molar-refractivity contribution in [2.24, 2.45) is 0 Å². The van der Waals surface area contributed by atoms with E-state index >= 15 is 0 Å². The SMILES string of the molecule is CC(=O)Nc1cc2c(cc1-c1ccc(Oc3ccccc3)cc1)-c1nc(NI)sc1C2. The van der Waals surface area contributed by atoms with Crippen molar-refractivity contribution in [3.63, 3.8) is 0 Å². The summed E-state index contributed by atoms with van der Waals surface area (Å²) in [5.74, 6) is 1.46. The summed E-state index contributed by atoms with van der Waals surface area (Å²) < 4.78 is 9.02. The van der Waals surface area contributed by atoms with Gasteiger partial charge in [0.25, 0.3) is 0 Å². The van der Waals surface area contributed by atoms with Gasteiger partial charge in [0.2, 0.25) is 5.91 Å². The monoisotopic (exact) mass is 539 g/mol. The summed E-state index contributed by atoms with van der Waals surface area (Å²) in [5.41, 5.74) is 6.11. The highest BCUT2D eigenvalue weighted by molar-refractivity contribution is 14.1. The fraction of sp³-hybridized carbons (Fsp3) is 0.0833. The number of thiazole rings is 1. The Morgan fingerprint density at radius 1 is 1.03 bits per heavy atom. The molecule has 7 heteroatoms. The minimum absolute atomic E-state index is 0.0903. The largest absolute Gasteiger partial charge is 0.457 e. The smallest absolute Gasteiger partial charge is 0.221 e. The van der Waals surface area contributed by atoms with Crippen LogP contribution >= 0.6 is 34.2 Å². The van der Waals surface area contributed by atoms with Crippen LogP contribution in [0.15, 0.2) is 66.7 Å². The second-order valence-electron chi connectivity index (χ2n) is 7.24. The molecule has 4 aromatic rings. The molecule has 1 aliphatic carbocycles. The number of ether oxygens (including phenoxy) is 1. The number of halogens is 1. The van der Waals surface area contributed by atoms with Crippen LogP contribution < -0.4 is 13.6 Å². The molecule has 0 unspecified atom stereocenters. The van der Waals surface area contributed by atoms with E-state index in [1.54, 1.807) is 11.3 Å². The topological polar surface area (TPSA) is 63.2 Å². The number of aromatic nitrogens is 1. The summed E-state index contributed by atoms with van der Waals surface area (Å²) in [5, 5.41) is 3.91. The minimum Gasteiger partial charge on any atom is -0.457 e. The van der Waals surface area contributed by atoms with Gasteiger partial charge in [0, 0.05) is 35.0 Å². The molecule has 0 fully saturated rings. The third-order valence-corrected chi connectivity index (χ3v) is 6.93. The Balaban J connectivity index is 1.53. The van der Waals surface area contributed by atoms with E-state index in [2.05, 4.69) is 43.8 Å². The van der Waals surface area contributed by atoms with E-state index < -0.39 is 0 Å². The van der Waals surface area contributed by atoms with Gasteiger partial charge in [-0.05, 0) is 47.5 Å². The molecule has 1 heterocycles. The number of para-hydroxylation sites is 1. The van der Waals surface area contributed by atoms with Gasteiger partial charge in [-0.3, -0.25) is 4.79 Å². The number of carbonyl (C=O) groups excluding carboxylic acids is 1. The normalized spacial score (nSPS) is 11.5. The zero-order chi connectivity index (χ0) is 21.4. The standard InChI is InChI=1S/C24H18IN3O2S/c1-14(29)26-21-11-16-12-22-23(27-24(28-25)31-22)20(16)13-19(21)15-7-9-18(10-8-15)30-17-5-3-2-4-6-17/h2-11,13H,12H2,1H3,(H,26,29)(H,27,28). The maximum Gasteiger partial charge on any atom is 0.221 e. The van der Waals surface area contributed by atoms with Crippen LogP contribution in [0.1, 0.15) is 17.4 Å². The average Bonchev–Trinajstić information content (AvgIpc) is 3.31. The fourth-order valence-electron chi connectivity index (χ4n) is 3.77. The van der Waals surface area contributed by atoms with Gasteiger partial charge in [-0.15, -0.1) is 11.3 Å². The van der Waals surface area contributed by atoms with Crippen LogP contribution in [0, 0.1) is 0 Å². The third kappa shape index (κ3) is 4.03. The summed E-state index contributed by atoms with van der Waals surface area (Å²) in [4.78, 5) is 17.8. The Bertz CT molecular complexity index is 1270. The molecule has 0 bridgehead atoms. The van der Waals surface area contributed by atoms with Crippen LogP contribution in [0.25, 0.3) is 22.4 Å². The fourth-order valence-corrected chi connectivity index (χ4v) is 5.11. The molecular formula is C24H18IN3O2S. The lowest BCUT2D eigenvalue weighted by Crippen LogP contribution is -2.07. The first-order valence-electron chi connectivity index (χ1n) is 9.75. The minimum atomic E-state index is -0.0903. The molecule has 0 spiro atoms. The number of amides is 1. The predicted octanol–water partition coefficient (Wildman–Crippen LogP) is 6.89. The molecule has 5 nitrogen and oxygen atoms in total. The second kappa shape index (κ2) is 8.32. The molecular weight excluding hydrogens is 521 g/mol. The number of anilines is 2. The first-order valence-corrected chi connectivity index (χ1v) is 11.6. The number of carbonyl (C=O) groups is 1. The molecule has 0 saturated carbocycles. The van der Waals surface area contributed by atoms with Crippen LogP contribution in [0.2, 0.25) is 0 Å².